The third-order valence-electron chi connectivity index (χ3n) is 6.97. The van der Waals surface area contributed by atoms with Gasteiger partial charge in [-0.05, 0) is 5.56 Å². The quantitative estimate of drug-likeness (QED) is 0.263. The highest BCUT2D eigenvalue weighted by atomic mass is 32.2. The first-order valence-corrected chi connectivity index (χ1v) is 13.8. The van der Waals surface area contributed by atoms with Crippen LogP contribution in [0.25, 0.3) is 0 Å². The first kappa shape index (κ1) is 32.4. The zero-order chi connectivity index (χ0) is 31.4. The van der Waals surface area contributed by atoms with Gasteiger partial charge in [-0.25, -0.2) is 0 Å². The zero-order valence-corrected chi connectivity index (χ0v) is 24.8. The number of piperidine rings is 1. The third kappa shape index (κ3) is 6.20. The van der Waals surface area contributed by atoms with Crippen molar-refractivity contribution in [3.05, 3.63) is 35.9 Å². The number of carbonyl (C=O) groups is 6. The molecule has 0 aliphatic carbocycles. The van der Waals surface area contributed by atoms with E-state index in [0.29, 0.717) is 5.56 Å². The van der Waals surface area contributed by atoms with Gasteiger partial charge in [-0.1, -0.05) is 30.3 Å². The lowest BCUT2D eigenvalue weighted by Gasteiger charge is -2.45. The van der Waals surface area contributed by atoms with Crippen LogP contribution in [0.1, 0.15) is 46.6 Å². The number of benzene rings is 1. The Morgan fingerprint density at radius 1 is 0.905 bits per heavy atom. The van der Waals surface area contributed by atoms with Gasteiger partial charge in [0.05, 0.1) is 12.0 Å². The second-order valence-electron chi connectivity index (χ2n) is 9.93. The standard InChI is InChI=1S/C28H32N2O11S/c1-15(31)37-14-22(38-16(2)32)23(39-17(3)33)24(40-18(4)34)25(41-19(5)35)27-12-21(13-29)28(42-27,26(36)30(27)6)20-10-8-7-9-11-20/h7-11,21-25H,12,14H2,1-6H3/t21-,22-,23-,24+,25-,27+,28+/m1/s1. The van der Waals surface area contributed by atoms with Crippen LogP contribution in [-0.4, -0.2) is 83.6 Å². The number of likely N-dealkylation sites (N-methyl/N-ethyl adjacent to an activating group) is 1. The third-order valence-corrected chi connectivity index (χ3v) is 9.02. The summed E-state index contributed by atoms with van der Waals surface area (Å²) in [6.07, 6.45) is -6.47. The highest BCUT2D eigenvalue weighted by Gasteiger charge is 2.75. The molecule has 2 aliphatic heterocycles. The monoisotopic (exact) mass is 604 g/mol. The van der Waals surface area contributed by atoms with Gasteiger partial charge in [0.1, 0.15) is 16.2 Å². The second kappa shape index (κ2) is 12.8. The minimum Gasteiger partial charge on any atom is -0.462 e. The first-order valence-electron chi connectivity index (χ1n) is 12.9. The van der Waals surface area contributed by atoms with E-state index < -0.39 is 82.3 Å². The largest absolute Gasteiger partial charge is 0.462 e. The van der Waals surface area contributed by atoms with E-state index in [0.717, 1.165) is 46.4 Å². The Balaban J connectivity index is 2.25. The average Bonchev–Trinajstić information content (AvgIpc) is 3.38. The molecule has 13 nitrogen and oxygen atoms in total. The van der Waals surface area contributed by atoms with E-state index in [1.807, 2.05) is 0 Å². The lowest BCUT2D eigenvalue weighted by atomic mass is 9.76. The number of fused-ring (bicyclic) bond motifs is 2. The number of hydrogen-bond donors (Lipinski definition) is 0. The number of carbonyl (C=O) groups excluding carboxylic acids is 6. The minimum atomic E-state index is -1.69. The smallest absolute Gasteiger partial charge is 0.303 e. The van der Waals surface area contributed by atoms with Crippen molar-refractivity contribution in [1.82, 2.24) is 4.90 Å². The summed E-state index contributed by atoms with van der Waals surface area (Å²) in [6.45, 7) is 4.77. The molecule has 14 heteroatoms. The Labute approximate surface area is 246 Å². The predicted octanol–water partition coefficient (Wildman–Crippen LogP) is 1.62. The lowest BCUT2D eigenvalue weighted by molar-refractivity contribution is -0.210. The Hall–Kier alpha value is -4.12. The van der Waals surface area contributed by atoms with E-state index in [4.69, 9.17) is 23.7 Å². The molecule has 226 valence electrons. The van der Waals surface area contributed by atoms with E-state index in [1.54, 1.807) is 30.3 Å². The van der Waals surface area contributed by atoms with Crippen LogP contribution in [-0.2, 0) is 57.2 Å². The van der Waals surface area contributed by atoms with Gasteiger partial charge >= 0.3 is 29.8 Å². The number of nitrogens with zero attached hydrogens (tertiary/aromatic N) is 2. The maximum Gasteiger partial charge on any atom is 0.303 e. The minimum absolute atomic E-state index is 0.0318. The summed E-state index contributed by atoms with van der Waals surface area (Å²) >= 11 is 1.07. The van der Waals surface area contributed by atoms with E-state index in [1.165, 1.54) is 11.9 Å². The lowest BCUT2D eigenvalue weighted by Crippen LogP contribution is -2.64. The first-order chi connectivity index (χ1) is 19.7. The molecule has 1 aromatic rings. The van der Waals surface area contributed by atoms with Gasteiger partial charge in [-0.2, -0.15) is 5.26 Å². The summed E-state index contributed by atoms with van der Waals surface area (Å²) < 4.78 is 25.9. The van der Waals surface area contributed by atoms with Crippen LogP contribution < -0.4 is 0 Å². The van der Waals surface area contributed by atoms with Crippen LogP contribution in [0, 0.1) is 17.2 Å². The molecule has 1 amide bonds. The van der Waals surface area contributed by atoms with E-state index in [-0.39, 0.29) is 6.42 Å². The summed E-state index contributed by atoms with van der Waals surface area (Å²) in [4.78, 5) is 74.9. The predicted molar refractivity (Wildman–Crippen MR) is 144 cm³/mol. The van der Waals surface area contributed by atoms with Crippen LogP contribution in [0.2, 0.25) is 0 Å². The highest BCUT2D eigenvalue weighted by Crippen LogP contribution is 2.68. The van der Waals surface area contributed by atoms with Crippen molar-refractivity contribution in [1.29, 1.82) is 5.26 Å². The van der Waals surface area contributed by atoms with Crippen molar-refractivity contribution in [3.63, 3.8) is 0 Å². The van der Waals surface area contributed by atoms with E-state index in [9.17, 15) is 34.0 Å². The maximum atomic E-state index is 14.0. The van der Waals surface area contributed by atoms with Crippen molar-refractivity contribution in [2.45, 2.75) is 75.1 Å². The van der Waals surface area contributed by atoms with Crippen molar-refractivity contribution in [2.75, 3.05) is 13.7 Å². The summed E-state index contributed by atoms with van der Waals surface area (Å²) in [5.41, 5.74) is 0.549. The van der Waals surface area contributed by atoms with Gasteiger partial charge in [0.15, 0.2) is 24.4 Å². The number of rotatable bonds is 11. The molecular formula is C28H32N2O11S. The number of nitriles is 1. The molecule has 2 bridgehead atoms. The summed E-state index contributed by atoms with van der Waals surface area (Å²) in [5.74, 6) is -5.55. The van der Waals surface area contributed by atoms with Gasteiger partial charge in [0.2, 0.25) is 5.91 Å². The molecule has 42 heavy (non-hydrogen) atoms. The van der Waals surface area contributed by atoms with Crippen molar-refractivity contribution < 1.29 is 52.5 Å². The number of esters is 5. The molecule has 2 aliphatic rings. The molecule has 0 unspecified atom stereocenters. The fourth-order valence-corrected chi connectivity index (χ4v) is 7.54. The number of likely N-dealkylation sites (tertiary alicyclic amines) is 1. The highest BCUT2D eigenvalue weighted by molar-refractivity contribution is 8.03. The van der Waals surface area contributed by atoms with Gasteiger partial charge in [0, 0.05) is 48.1 Å². The van der Waals surface area contributed by atoms with Gasteiger partial charge < -0.3 is 28.6 Å². The van der Waals surface area contributed by atoms with Crippen LogP contribution >= 0.6 is 11.8 Å². The van der Waals surface area contributed by atoms with Crippen molar-refractivity contribution in [3.8, 4) is 6.07 Å². The SMILES string of the molecule is CC(=O)OC[C@@H](OC(C)=O)[C@@H](OC(C)=O)[C@H](OC(C)=O)[C@@H](OC(C)=O)[C@]12C[C@H](C#N)[C@](c3ccccc3)(S1)C(=O)N2C. The summed E-state index contributed by atoms with van der Waals surface area (Å²) in [5, 5.41) is 10.2. The fraction of sp³-hybridized carbons (Fsp3) is 0.536. The molecule has 0 aromatic heterocycles. The Kier molecular flexibility index (Phi) is 9.88. The molecule has 2 fully saturated rings. The second-order valence-corrected chi connectivity index (χ2v) is 11.5. The molecule has 0 spiro atoms. The molecular weight excluding hydrogens is 572 g/mol. The molecule has 2 saturated heterocycles. The Morgan fingerprint density at radius 2 is 1.45 bits per heavy atom. The molecule has 3 rings (SSSR count). The van der Waals surface area contributed by atoms with Crippen molar-refractivity contribution in [2.24, 2.45) is 5.92 Å². The molecule has 0 saturated carbocycles. The van der Waals surface area contributed by atoms with Crippen LogP contribution in [0.4, 0.5) is 0 Å². The molecule has 0 radical (unpaired) electrons. The Morgan fingerprint density at radius 3 is 1.95 bits per heavy atom. The topological polar surface area (TPSA) is 176 Å². The molecule has 7 atom stereocenters. The van der Waals surface area contributed by atoms with Crippen LogP contribution in [0.3, 0.4) is 0 Å². The van der Waals surface area contributed by atoms with Crippen LogP contribution in [0.15, 0.2) is 30.3 Å². The maximum absolute atomic E-state index is 14.0. The van der Waals surface area contributed by atoms with E-state index >= 15 is 0 Å². The van der Waals surface area contributed by atoms with Gasteiger partial charge in [0.25, 0.3) is 0 Å². The van der Waals surface area contributed by atoms with Crippen LogP contribution in [0.5, 0.6) is 0 Å². The molecule has 2 heterocycles. The average molecular weight is 605 g/mol. The summed E-state index contributed by atoms with van der Waals surface area (Å²) in [7, 11) is 1.47. The zero-order valence-electron chi connectivity index (χ0n) is 24.0. The van der Waals surface area contributed by atoms with E-state index in [2.05, 4.69) is 6.07 Å². The summed E-state index contributed by atoms with van der Waals surface area (Å²) in [6, 6.07) is 10.9. The molecule has 1 aromatic carbocycles. The normalized spacial score (nSPS) is 25.3. The number of thioether (sulfide) groups is 1. The number of hydrogen-bond acceptors (Lipinski definition) is 13. The van der Waals surface area contributed by atoms with Gasteiger partial charge in [-0.15, -0.1) is 11.8 Å². The number of amides is 1. The van der Waals surface area contributed by atoms with Gasteiger partial charge in [-0.3, -0.25) is 28.8 Å². The molecule has 0 N–H and O–H groups in total. The fourth-order valence-electron chi connectivity index (χ4n) is 5.46. The number of ether oxygens (including phenoxy) is 5. The van der Waals surface area contributed by atoms with Crippen molar-refractivity contribution >= 4 is 47.5 Å². The Bertz CT molecular complexity index is 1300.